The first kappa shape index (κ1) is 60.3. The highest BCUT2D eigenvalue weighted by molar-refractivity contribution is 5.77. The minimum Gasteiger partial charge on any atom is -0.462 e. The molecule has 0 saturated heterocycles. The summed E-state index contributed by atoms with van der Waals surface area (Å²) in [5.41, 5.74) is 0. The molecule has 0 aromatic carbocycles. The zero-order valence-electron chi connectivity index (χ0n) is 41.8. The van der Waals surface area contributed by atoms with Crippen molar-refractivity contribution in [3.05, 3.63) is 24.3 Å². The third-order valence-corrected chi connectivity index (χ3v) is 12.8. The molecular formula is C56H107NO5. The third kappa shape index (κ3) is 44.9. The molecule has 0 radical (unpaired) electrons. The van der Waals surface area contributed by atoms with Crippen LogP contribution in [0.3, 0.4) is 0 Å². The maximum atomic E-state index is 13.2. The van der Waals surface area contributed by atoms with Crippen molar-refractivity contribution in [3.8, 4) is 0 Å². The van der Waals surface area contributed by atoms with Gasteiger partial charge in [-0.05, 0) is 51.4 Å². The molecule has 0 aliphatic heterocycles. The minimum atomic E-state index is -0.785. The van der Waals surface area contributed by atoms with Crippen molar-refractivity contribution in [1.29, 1.82) is 0 Å². The molecule has 3 atom stereocenters. The van der Waals surface area contributed by atoms with E-state index in [2.05, 4.69) is 50.4 Å². The average molecular weight is 874 g/mol. The number of nitrogens with one attached hydrogen (secondary N) is 1. The number of allylic oxidation sites excluding steroid dienone is 4. The summed E-state index contributed by atoms with van der Waals surface area (Å²) >= 11 is 0. The lowest BCUT2D eigenvalue weighted by Gasteiger charge is -2.24. The number of esters is 1. The fourth-order valence-corrected chi connectivity index (χ4v) is 8.60. The molecule has 0 aliphatic carbocycles. The highest BCUT2D eigenvalue weighted by atomic mass is 16.5. The summed E-state index contributed by atoms with van der Waals surface area (Å²) in [7, 11) is 0. The summed E-state index contributed by atoms with van der Waals surface area (Å²) < 4.78 is 5.95. The summed E-state index contributed by atoms with van der Waals surface area (Å²) in [6, 6.07) is -0.699. The van der Waals surface area contributed by atoms with Crippen LogP contribution in [0.15, 0.2) is 24.3 Å². The van der Waals surface area contributed by atoms with E-state index >= 15 is 0 Å². The van der Waals surface area contributed by atoms with Gasteiger partial charge in [0, 0.05) is 6.42 Å². The summed E-state index contributed by atoms with van der Waals surface area (Å²) in [5.74, 6) is -0.470. The van der Waals surface area contributed by atoms with E-state index < -0.39 is 18.2 Å². The van der Waals surface area contributed by atoms with Crippen LogP contribution < -0.4 is 5.32 Å². The van der Waals surface area contributed by atoms with Gasteiger partial charge in [-0.15, -0.1) is 0 Å². The minimum absolute atomic E-state index is 0.0786. The number of ether oxygens (including phenoxy) is 1. The Bertz CT molecular complexity index is 981. The molecule has 0 spiro atoms. The van der Waals surface area contributed by atoms with Crippen LogP contribution in [0.25, 0.3) is 0 Å². The van der Waals surface area contributed by atoms with Crippen molar-refractivity contribution in [2.24, 2.45) is 0 Å². The van der Waals surface area contributed by atoms with Crippen molar-refractivity contribution in [2.75, 3.05) is 6.61 Å². The van der Waals surface area contributed by atoms with Gasteiger partial charge in [-0.3, -0.25) is 9.59 Å². The number of carbonyl (C=O) groups excluding carboxylic acids is 2. The molecule has 0 rings (SSSR count). The molecule has 3 unspecified atom stereocenters. The molecule has 0 saturated carbocycles. The number of unbranched alkanes of at least 4 members (excludes halogenated alkanes) is 35. The molecular weight excluding hydrogens is 767 g/mol. The van der Waals surface area contributed by atoms with Crippen LogP contribution in [0, 0.1) is 0 Å². The van der Waals surface area contributed by atoms with E-state index in [0.717, 1.165) is 51.4 Å². The number of aliphatic hydroxyl groups excluding tert-OH is 2. The van der Waals surface area contributed by atoms with Gasteiger partial charge in [-0.1, -0.05) is 257 Å². The highest BCUT2D eigenvalue weighted by Gasteiger charge is 2.24. The second-order valence-corrected chi connectivity index (χ2v) is 19.0. The quantitative estimate of drug-likeness (QED) is 0.0321. The van der Waals surface area contributed by atoms with Crippen LogP contribution >= 0.6 is 0 Å². The van der Waals surface area contributed by atoms with E-state index in [1.54, 1.807) is 0 Å². The van der Waals surface area contributed by atoms with E-state index in [1.165, 1.54) is 199 Å². The van der Waals surface area contributed by atoms with Gasteiger partial charge < -0.3 is 20.3 Å². The van der Waals surface area contributed by atoms with Crippen molar-refractivity contribution in [3.63, 3.8) is 0 Å². The van der Waals surface area contributed by atoms with Crippen LogP contribution in [0.5, 0.6) is 0 Å². The van der Waals surface area contributed by atoms with Crippen molar-refractivity contribution in [1.82, 2.24) is 5.32 Å². The zero-order valence-corrected chi connectivity index (χ0v) is 41.8. The van der Waals surface area contributed by atoms with E-state index in [1.807, 2.05) is 0 Å². The average Bonchev–Trinajstić information content (AvgIpc) is 3.26. The van der Waals surface area contributed by atoms with Gasteiger partial charge in [0.05, 0.1) is 25.2 Å². The smallest absolute Gasteiger partial charge is 0.306 e. The topological polar surface area (TPSA) is 95.9 Å². The molecule has 366 valence electrons. The molecule has 3 N–H and O–H groups in total. The lowest BCUT2D eigenvalue weighted by atomic mass is 10.0. The van der Waals surface area contributed by atoms with Gasteiger partial charge in [0.1, 0.15) is 6.10 Å². The predicted octanol–water partition coefficient (Wildman–Crippen LogP) is 16.7. The normalized spacial score (nSPS) is 13.3. The van der Waals surface area contributed by atoms with Crippen molar-refractivity contribution in [2.45, 2.75) is 315 Å². The van der Waals surface area contributed by atoms with Crippen LogP contribution in [-0.2, 0) is 14.3 Å². The highest BCUT2D eigenvalue weighted by Crippen LogP contribution is 2.19. The standard InChI is InChI=1S/C56H107NO5/c1-4-7-10-13-16-19-22-25-27-30-33-36-39-42-45-48-54(59)53(51-58)57-55(60)50-52(47-44-41-38-35-32-29-24-21-18-15-12-9-6-3)62-56(61)49-46-43-40-37-34-31-28-26-23-20-17-14-11-8-5-2/h17,20,23,26,52-54,58-59H,4-16,18-19,21-22,24-25,27-51H2,1-3H3,(H,57,60)/b20-17+,26-23+. The number of hydrogen-bond acceptors (Lipinski definition) is 5. The zero-order chi connectivity index (χ0) is 45.2. The molecule has 6 nitrogen and oxygen atoms in total. The van der Waals surface area contributed by atoms with E-state index in [9.17, 15) is 19.8 Å². The van der Waals surface area contributed by atoms with E-state index in [-0.39, 0.29) is 24.9 Å². The molecule has 0 aliphatic rings. The number of amides is 1. The Kier molecular flexibility index (Phi) is 49.0. The Balaban J connectivity index is 4.52. The monoisotopic (exact) mass is 874 g/mol. The molecule has 0 aromatic heterocycles. The summed E-state index contributed by atoms with van der Waals surface area (Å²) in [5, 5.41) is 23.8. The predicted molar refractivity (Wildman–Crippen MR) is 269 cm³/mol. The summed E-state index contributed by atoms with van der Waals surface area (Å²) in [4.78, 5) is 26.2. The summed E-state index contributed by atoms with van der Waals surface area (Å²) in [6.07, 6.45) is 58.0. The fraction of sp³-hybridized carbons (Fsp3) is 0.893. The fourth-order valence-electron chi connectivity index (χ4n) is 8.60. The number of hydrogen-bond donors (Lipinski definition) is 3. The van der Waals surface area contributed by atoms with Crippen LogP contribution in [0.2, 0.25) is 0 Å². The maximum absolute atomic E-state index is 13.2. The van der Waals surface area contributed by atoms with Gasteiger partial charge in [-0.25, -0.2) is 0 Å². The molecule has 0 fully saturated rings. The third-order valence-electron chi connectivity index (χ3n) is 12.8. The van der Waals surface area contributed by atoms with Gasteiger partial charge in [0.25, 0.3) is 0 Å². The number of carbonyl (C=O) groups is 2. The largest absolute Gasteiger partial charge is 0.462 e. The SMILES string of the molecule is CCCCC/C=C/C=C/CCCCCCCCC(=O)OC(CCCCCCCCCCCCCCC)CC(=O)NC(CO)C(O)CCCCCCCCCCCCCCCCC. The van der Waals surface area contributed by atoms with Crippen LogP contribution in [-0.4, -0.2) is 46.9 Å². The van der Waals surface area contributed by atoms with E-state index in [4.69, 9.17) is 4.74 Å². The second-order valence-electron chi connectivity index (χ2n) is 19.0. The Morgan fingerprint density at radius 3 is 1.23 bits per heavy atom. The van der Waals surface area contributed by atoms with E-state index in [0.29, 0.717) is 19.3 Å². The molecule has 1 amide bonds. The first-order valence-corrected chi connectivity index (χ1v) is 27.6. The molecule has 0 heterocycles. The Morgan fingerprint density at radius 1 is 0.468 bits per heavy atom. The lowest BCUT2D eigenvalue weighted by Crippen LogP contribution is -2.46. The van der Waals surface area contributed by atoms with Gasteiger partial charge >= 0.3 is 5.97 Å². The van der Waals surface area contributed by atoms with Gasteiger partial charge in [0.2, 0.25) is 5.91 Å². The van der Waals surface area contributed by atoms with Crippen molar-refractivity contribution >= 4 is 11.9 Å². The Labute approximate surface area is 386 Å². The second kappa shape index (κ2) is 50.3. The Morgan fingerprint density at radius 2 is 0.806 bits per heavy atom. The van der Waals surface area contributed by atoms with Crippen LogP contribution in [0.4, 0.5) is 0 Å². The molecule has 6 heteroatoms. The van der Waals surface area contributed by atoms with Crippen LogP contribution in [0.1, 0.15) is 297 Å². The van der Waals surface area contributed by atoms with Gasteiger partial charge in [-0.2, -0.15) is 0 Å². The lowest BCUT2D eigenvalue weighted by molar-refractivity contribution is -0.151. The maximum Gasteiger partial charge on any atom is 0.306 e. The molecule has 0 bridgehead atoms. The molecule has 0 aromatic rings. The Hall–Kier alpha value is -1.66. The number of aliphatic hydroxyl groups is 2. The van der Waals surface area contributed by atoms with Gasteiger partial charge in [0.15, 0.2) is 0 Å². The molecule has 62 heavy (non-hydrogen) atoms. The number of rotatable bonds is 50. The first-order chi connectivity index (χ1) is 30.5. The van der Waals surface area contributed by atoms with Crippen molar-refractivity contribution < 1.29 is 24.5 Å². The first-order valence-electron chi connectivity index (χ1n) is 27.6. The summed E-state index contributed by atoms with van der Waals surface area (Å²) in [6.45, 7) is 6.48.